The molecule has 0 aromatic carbocycles. The van der Waals surface area contributed by atoms with E-state index < -0.39 is 0 Å². The second-order valence-electron chi connectivity index (χ2n) is 3.92. The average molecular weight is 247 g/mol. The normalized spacial score (nSPS) is 19.4. The van der Waals surface area contributed by atoms with Gasteiger partial charge in [0.1, 0.15) is 0 Å². The molecule has 2 aromatic rings. The lowest BCUT2D eigenvalue weighted by Crippen LogP contribution is -2.15. The van der Waals surface area contributed by atoms with Gasteiger partial charge in [0.25, 0.3) is 0 Å². The number of thiazole rings is 1. The fraction of sp³-hybridized carbons (Fsp3) is 0.364. The minimum atomic E-state index is 0.370. The van der Waals surface area contributed by atoms with Gasteiger partial charge in [0.15, 0.2) is 5.13 Å². The molecule has 1 fully saturated rings. The van der Waals surface area contributed by atoms with Crippen LogP contribution in [0.15, 0.2) is 23.8 Å². The molecule has 1 aliphatic heterocycles. The highest BCUT2D eigenvalue weighted by atomic mass is 32.1. The van der Waals surface area contributed by atoms with Crippen LogP contribution >= 0.6 is 11.3 Å². The topological polar surface area (TPSA) is 62.7 Å². The Labute approximate surface area is 103 Å². The summed E-state index contributed by atoms with van der Waals surface area (Å²) in [4.78, 5) is 12.9. The fourth-order valence-corrected chi connectivity index (χ4v) is 2.47. The molecular formula is C11H13N5S. The summed E-state index contributed by atoms with van der Waals surface area (Å²) in [6.07, 6.45) is 5.91. The quantitative estimate of drug-likeness (QED) is 0.869. The minimum Gasteiger partial charge on any atom is -0.309 e. The molecule has 17 heavy (non-hydrogen) atoms. The predicted molar refractivity (Wildman–Crippen MR) is 67.4 cm³/mol. The van der Waals surface area contributed by atoms with Crippen molar-refractivity contribution in [3.63, 3.8) is 0 Å². The Morgan fingerprint density at radius 2 is 2.35 bits per heavy atom. The second kappa shape index (κ2) is 4.77. The maximum Gasteiger partial charge on any atom is 0.229 e. The van der Waals surface area contributed by atoms with E-state index >= 15 is 0 Å². The number of hydrogen-bond donors (Lipinski definition) is 2. The molecular weight excluding hydrogens is 234 g/mol. The molecule has 1 aliphatic rings. The first-order chi connectivity index (χ1) is 8.42. The summed E-state index contributed by atoms with van der Waals surface area (Å²) < 4.78 is 0. The van der Waals surface area contributed by atoms with Crippen molar-refractivity contribution in [3.05, 3.63) is 29.5 Å². The maximum atomic E-state index is 4.51. The standard InChI is InChI=1S/C11H13N5S/c1-2-8(12-4-1)9-3-5-13-10(15-9)16-11-14-6-7-17-11/h3,5-8,12H,1-2,4H2,(H,13,14,15,16)/t8-/m1/s1. The first-order valence-electron chi connectivity index (χ1n) is 5.65. The summed E-state index contributed by atoms with van der Waals surface area (Å²) in [6, 6.07) is 2.34. The molecule has 5 nitrogen and oxygen atoms in total. The summed E-state index contributed by atoms with van der Waals surface area (Å²) in [7, 11) is 0. The third-order valence-electron chi connectivity index (χ3n) is 2.75. The summed E-state index contributed by atoms with van der Waals surface area (Å²) in [5.41, 5.74) is 1.05. The highest BCUT2D eigenvalue weighted by Crippen LogP contribution is 2.22. The van der Waals surface area contributed by atoms with Gasteiger partial charge in [-0.25, -0.2) is 15.0 Å². The molecule has 2 N–H and O–H groups in total. The Morgan fingerprint density at radius 1 is 1.35 bits per heavy atom. The van der Waals surface area contributed by atoms with Crippen LogP contribution in [-0.2, 0) is 0 Å². The number of hydrogen-bond acceptors (Lipinski definition) is 6. The Kier molecular flexibility index (Phi) is 2.98. The number of rotatable bonds is 3. The number of anilines is 2. The molecule has 0 aliphatic carbocycles. The molecule has 0 amide bonds. The number of nitrogens with one attached hydrogen (secondary N) is 2. The van der Waals surface area contributed by atoms with Crippen LogP contribution in [0.5, 0.6) is 0 Å². The van der Waals surface area contributed by atoms with Crippen LogP contribution in [0.2, 0.25) is 0 Å². The van der Waals surface area contributed by atoms with Crippen molar-refractivity contribution < 1.29 is 0 Å². The first-order valence-corrected chi connectivity index (χ1v) is 6.52. The molecule has 3 rings (SSSR count). The molecule has 1 atom stereocenters. The average Bonchev–Trinajstić information content (AvgIpc) is 3.01. The highest BCUT2D eigenvalue weighted by Gasteiger charge is 2.17. The van der Waals surface area contributed by atoms with Crippen LogP contribution in [0.25, 0.3) is 0 Å². The van der Waals surface area contributed by atoms with Gasteiger partial charge < -0.3 is 10.6 Å². The van der Waals surface area contributed by atoms with Gasteiger partial charge in [-0.05, 0) is 25.5 Å². The van der Waals surface area contributed by atoms with Crippen molar-refractivity contribution in [2.75, 3.05) is 11.9 Å². The molecule has 88 valence electrons. The molecule has 0 bridgehead atoms. The molecule has 6 heteroatoms. The Bertz CT molecular complexity index is 478. The van der Waals surface area contributed by atoms with E-state index in [9.17, 15) is 0 Å². The van der Waals surface area contributed by atoms with Gasteiger partial charge in [-0.15, -0.1) is 11.3 Å². The smallest absolute Gasteiger partial charge is 0.229 e. The zero-order chi connectivity index (χ0) is 11.5. The van der Waals surface area contributed by atoms with E-state index in [4.69, 9.17) is 0 Å². The summed E-state index contributed by atoms with van der Waals surface area (Å²) >= 11 is 1.54. The summed E-state index contributed by atoms with van der Waals surface area (Å²) in [5, 5.41) is 9.28. The Morgan fingerprint density at radius 3 is 3.12 bits per heavy atom. The minimum absolute atomic E-state index is 0.370. The molecule has 2 aromatic heterocycles. The van der Waals surface area contributed by atoms with Crippen LogP contribution in [0.3, 0.4) is 0 Å². The molecule has 1 saturated heterocycles. The van der Waals surface area contributed by atoms with Crippen molar-refractivity contribution in [1.29, 1.82) is 0 Å². The lowest BCUT2D eigenvalue weighted by atomic mass is 10.1. The largest absolute Gasteiger partial charge is 0.309 e. The zero-order valence-electron chi connectivity index (χ0n) is 9.26. The van der Waals surface area contributed by atoms with Crippen molar-refractivity contribution in [3.8, 4) is 0 Å². The van der Waals surface area contributed by atoms with E-state index in [0.717, 1.165) is 23.8 Å². The lowest BCUT2D eigenvalue weighted by Gasteiger charge is -2.10. The summed E-state index contributed by atoms with van der Waals surface area (Å²) in [6.45, 7) is 1.07. The van der Waals surface area contributed by atoms with E-state index in [1.54, 1.807) is 12.4 Å². The van der Waals surface area contributed by atoms with Crippen molar-refractivity contribution in [2.24, 2.45) is 0 Å². The first kappa shape index (κ1) is 10.6. The van der Waals surface area contributed by atoms with Gasteiger partial charge in [-0.2, -0.15) is 0 Å². The molecule has 0 radical (unpaired) electrons. The van der Waals surface area contributed by atoms with Crippen molar-refractivity contribution in [1.82, 2.24) is 20.3 Å². The van der Waals surface area contributed by atoms with Gasteiger partial charge >= 0.3 is 0 Å². The molecule has 3 heterocycles. The van der Waals surface area contributed by atoms with E-state index in [1.165, 1.54) is 17.8 Å². The number of aromatic nitrogens is 3. The van der Waals surface area contributed by atoms with E-state index in [2.05, 4.69) is 25.6 Å². The lowest BCUT2D eigenvalue weighted by molar-refractivity contribution is 0.627. The molecule has 0 unspecified atom stereocenters. The van der Waals surface area contributed by atoms with Gasteiger partial charge in [-0.1, -0.05) is 0 Å². The van der Waals surface area contributed by atoms with E-state index in [0.29, 0.717) is 12.0 Å². The van der Waals surface area contributed by atoms with Crippen LogP contribution in [0.1, 0.15) is 24.6 Å². The van der Waals surface area contributed by atoms with Crippen LogP contribution in [0.4, 0.5) is 11.1 Å². The SMILES string of the molecule is c1cc([C@H]2CCCN2)nc(Nc2nccs2)n1. The van der Waals surface area contributed by atoms with Crippen molar-refractivity contribution in [2.45, 2.75) is 18.9 Å². The van der Waals surface area contributed by atoms with Crippen molar-refractivity contribution >= 4 is 22.4 Å². The highest BCUT2D eigenvalue weighted by molar-refractivity contribution is 7.13. The maximum absolute atomic E-state index is 4.51. The zero-order valence-corrected chi connectivity index (χ0v) is 10.1. The fourth-order valence-electron chi connectivity index (χ4n) is 1.94. The monoisotopic (exact) mass is 247 g/mol. The van der Waals surface area contributed by atoms with E-state index in [-0.39, 0.29) is 0 Å². The van der Waals surface area contributed by atoms with Gasteiger partial charge in [0.05, 0.1) is 5.69 Å². The second-order valence-corrected chi connectivity index (χ2v) is 4.81. The van der Waals surface area contributed by atoms with Crippen LogP contribution in [-0.4, -0.2) is 21.5 Å². The predicted octanol–water partition coefficient (Wildman–Crippen LogP) is 2.10. The van der Waals surface area contributed by atoms with Gasteiger partial charge in [0.2, 0.25) is 5.95 Å². The van der Waals surface area contributed by atoms with Gasteiger partial charge in [-0.3, -0.25) is 0 Å². The Balaban J connectivity index is 1.78. The third kappa shape index (κ3) is 2.42. The Hall–Kier alpha value is -1.53. The van der Waals surface area contributed by atoms with E-state index in [1.807, 2.05) is 11.4 Å². The van der Waals surface area contributed by atoms with Crippen LogP contribution < -0.4 is 10.6 Å². The summed E-state index contributed by atoms with van der Waals surface area (Å²) in [5.74, 6) is 0.617. The van der Waals surface area contributed by atoms with Gasteiger partial charge in [0, 0.05) is 23.8 Å². The number of nitrogens with zero attached hydrogens (tertiary/aromatic N) is 3. The molecule has 0 saturated carbocycles. The molecule has 0 spiro atoms. The van der Waals surface area contributed by atoms with Crippen LogP contribution in [0, 0.1) is 0 Å². The third-order valence-corrected chi connectivity index (χ3v) is 3.43.